The van der Waals surface area contributed by atoms with Gasteiger partial charge in [0.15, 0.2) is 0 Å². The summed E-state index contributed by atoms with van der Waals surface area (Å²) < 4.78 is 13.8. The van der Waals surface area contributed by atoms with Crippen molar-refractivity contribution in [1.82, 2.24) is 10.2 Å². The molecule has 0 bridgehead atoms. The van der Waals surface area contributed by atoms with Crippen molar-refractivity contribution in [2.75, 3.05) is 6.54 Å². The fourth-order valence-corrected chi connectivity index (χ4v) is 3.71. The number of benzene rings is 1. The highest BCUT2D eigenvalue weighted by Gasteiger charge is 2.50. The Balaban J connectivity index is 1.75. The number of hydrogen-bond acceptors (Lipinski definition) is 3. The maximum atomic E-state index is 13.8. The van der Waals surface area contributed by atoms with E-state index < -0.39 is 23.5 Å². The fraction of sp³-hybridized carbons (Fsp3) is 0.556. The summed E-state index contributed by atoms with van der Waals surface area (Å²) in [6, 6.07) is 5.37. The van der Waals surface area contributed by atoms with Crippen LogP contribution >= 0.6 is 0 Å². The number of aliphatic hydroxyl groups excluding tert-OH is 1. The average molecular weight is 334 g/mol. The third-order valence-electron chi connectivity index (χ3n) is 5.07. The van der Waals surface area contributed by atoms with Gasteiger partial charge in [0.2, 0.25) is 0 Å². The molecule has 1 aliphatic carbocycles. The Morgan fingerprint density at radius 1 is 1.12 bits per heavy atom. The second-order valence-electron chi connectivity index (χ2n) is 6.73. The summed E-state index contributed by atoms with van der Waals surface area (Å²) in [5.74, 6) is -0.831. The highest BCUT2D eigenvalue weighted by molar-refractivity contribution is 6.07. The molecular weight excluding hydrogens is 311 g/mol. The number of nitrogens with zero attached hydrogens (tertiary/aromatic N) is 1. The highest BCUT2D eigenvalue weighted by atomic mass is 19.1. The van der Waals surface area contributed by atoms with E-state index in [2.05, 4.69) is 5.32 Å². The summed E-state index contributed by atoms with van der Waals surface area (Å²) in [6.45, 7) is -0.229. The summed E-state index contributed by atoms with van der Waals surface area (Å²) in [5.41, 5.74) is -0.747. The summed E-state index contributed by atoms with van der Waals surface area (Å²) in [5, 5.41) is 13.1. The van der Waals surface area contributed by atoms with Gasteiger partial charge in [0, 0.05) is 5.56 Å². The van der Waals surface area contributed by atoms with Gasteiger partial charge in [0.1, 0.15) is 11.4 Å². The summed E-state index contributed by atoms with van der Waals surface area (Å²) >= 11 is 0. The van der Waals surface area contributed by atoms with Gasteiger partial charge in [0.25, 0.3) is 5.91 Å². The monoisotopic (exact) mass is 334 g/mol. The molecular formula is C18H23FN2O3. The number of aliphatic hydroxyl groups is 1. The van der Waals surface area contributed by atoms with E-state index in [9.17, 15) is 19.1 Å². The summed E-state index contributed by atoms with van der Waals surface area (Å²) in [6.07, 6.45) is 5.10. The van der Waals surface area contributed by atoms with Crippen LogP contribution in [0.1, 0.15) is 56.6 Å². The zero-order chi connectivity index (χ0) is 17.2. The molecule has 1 heterocycles. The molecule has 1 aromatic rings. The number of hydrogen-bond donors (Lipinski definition) is 2. The van der Waals surface area contributed by atoms with Crippen molar-refractivity contribution in [1.29, 1.82) is 0 Å². The molecule has 0 radical (unpaired) electrons. The molecule has 0 unspecified atom stereocenters. The van der Waals surface area contributed by atoms with Crippen LogP contribution in [0.5, 0.6) is 0 Å². The van der Waals surface area contributed by atoms with Crippen molar-refractivity contribution in [2.24, 2.45) is 0 Å². The lowest BCUT2D eigenvalue weighted by Crippen LogP contribution is -2.47. The van der Waals surface area contributed by atoms with Crippen LogP contribution in [0, 0.1) is 5.82 Å². The standard InChI is InChI=1S/C18H23FN2O3/c19-14-9-5-4-8-13(14)15(22)12-21-16(23)18(20-17(21)24)10-6-2-1-3-7-11-18/h4-5,8-9,15,22H,1-3,6-7,10-12H2,(H,20,24)/t15-/m1/s1. The van der Waals surface area contributed by atoms with E-state index in [0.717, 1.165) is 37.0 Å². The van der Waals surface area contributed by atoms with E-state index in [0.29, 0.717) is 12.8 Å². The number of amides is 3. The maximum absolute atomic E-state index is 13.8. The Labute approximate surface area is 140 Å². The van der Waals surface area contributed by atoms with Gasteiger partial charge in [-0.2, -0.15) is 0 Å². The Kier molecular flexibility index (Phi) is 4.85. The molecule has 1 aliphatic heterocycles. The summed E-state index contributed by atoms with van der Waals surface area (Å²) in [7, 11) is 0. The van der Waals surface area contributed by atoms with Crippen molar-refractivity contribution in [3.8, 4) is 0 Å². The minimum absolute atomic E-state index is 0.0942. The lowest BCUT2D eigenvalue weighted by Gasteiger charge is -2.28. The van der Waals surface area contributed by atoms with E-state index in [1.807, 2.05) is 0 Å². The lowest BCUT2D eigenvalue weighted by molar-refractivity contribution is -0.133. The molecule has 1 aromatic carbocycles. The van der Waals surface area contributed by atoms with Gasteiger partial charge in [-0.25, -0.2) is 9.18 Å². The van der Waals surface area contributed by atoms with Gasteiger partial charge in [-0.1, -0.05) is 50.3 Å². The molecule has 1 atom stereocenters. The minimum Gasteiger partial charge on any atom is -0.386 e. The van der Waals surface area contributed by atoms with Crippen LogP contribution in [0.3, 0.4) is 0 Å². The third-order valence-corrected chi connectivity index (χ3v) is 5.07. The largest absolute Gasteiger partial charge is 0.386 e. The van der Waals surface area contributed by atoms with Crippen molar-refractivity contribution in [2.45, 2.75) is 56.6 Å². The van der Waals surface area contributed by atoms with Crippen LogP contribution in [-0.4, -0.2) is 34.0 Å². The third kappa shape index (κ3) is 3.15. The summed E-state index contributed by atoms with van der Waals surface area (Å²) in [4.78, 5) is 26.2. The average Bonchev–Trinajstić information content (AvgIpc) is 2.76. The van der Waals surface area contributed by atoms with Gasteiger partial charge in [-0.05, 0) is 18.9 Å². The zero-order valence-corrected chi connectivity index (χ0v) is 13.6. The van der Waals surface area contributed by atoms with E-state index in [1.54, 1.807) is 6.07 Å². The molecule has 2 fully saturated rings. The molecule has 3 rings (SSSR count). The Hall–Kier alpha value is -1.95. The normalized spacial score (nSPS) is 22.2. The minimum atomic E-state index is -1.23. The van der Waals surface area contributed by atoms with Gasteiger partial charge >= 0.3 is 6.03 Å². The number of nitrogens with one attached hydrogen (secondary N) is 1. The first-order valence-electron chi connectivity index (χ1n) is 8.60. The van der Waals surface area contributed by atoms with Crippen LogP contribution in [-0.2, 0) is 4.79 Å². The van der Waals surface area contributed by atoms with Crippen molar-refractivity contribution in [3.63, 3.8) is 0 Å². The number of carbonyl (C=O) groups is 2. The Morgan fingerprint density at radius 3 is 2.42 bits per heavy atom. The molecule has 5 nitrogen and oxygen atoms in total. The zero-order valence-electron chi connectivity index (χ0n) is 13.6. The molecule has 24 heavy (non-hydrogen) atoms. The molecule has 130 valence electrons. The molecule has 3 amide bonds. The van der Waals surface area contributed by atoms with Gasteiger partial charge in [-0.15, -0.1) is 0 Å². The number of imide groups is 1. The molecule has 2 N–H and O–H groups in total. The Morgan fingerprint density at radius 2 is 1.75 bits per heavy atom. The maximum Gasteiger partial charge on any atom is 0.325 e. The lowest BCUT2D eigenvalue weighted by atomic mass is 9.84. The number of β-amino-alcohol motifs (C(OH)–C–C–N with tert-alkyl or cyclic N) is 1. The molecule has 2 aliphatic rings. The van der Waals surface area contributed by atoms with E-state index in [-0.39, 0.29) is 18.0 Å². The quantitative estimate of drug-likeness (QED) is 0.835. The van der Waals surface area contributed by atoms with Crippen LogP contribution in [0.2, 0.25) is 0 Å². The second-order valence-corrected chi connectivity index (χ2v) is 6.73. The SMILES string of the molecule is O=C1NC2(CCCCCCC2)C(=O)N1C[C@@H](O)c1ccccc1F. The molecule has 0 aromatic heterocycles. The predicted molar refractivity (Wildman–Crippen MR) is 86.7 cm³/mol. The van der Waals surface area contributed by atoms with Crippen LogP contribution < -0.4 is 5.32 Å². The van der Waals surface area contributed by atoms with E-state index in [4.69, 9.17) is 0 Å². The first-order chi connectivity index (χ1) is 11.5. The van der Waals surface area contributed by atoms with Gasteiger partial charge in [-0.3, -0.25) is 9.69 Å². The van der Waals surface area contributed by atoms with E-state index >= 15 is 0 Å². The van der Waals surface area contributed by atoms with Crippen LogP contribution in [0.4, 0.5) is 9.18 Å². The number of rotatable bonds is 3. The number of halogens is 1. The number of carbonyl (C=O) groups excluding carboxylic acids is 2. The van der Waals surface area contributed by atoms with Gasteiger partial charge in [0.05, 0.1) is 12.6 Å². The van der Waals surface area contributed by atoms with Crippen molar-refractivity contribution in [3.05, 3.63) is 35.6 Å². The van der Waals surface area contributed by atoms with Gasteiger partial charge < -0.3 is 10.4 Å². The highest BCUT2D eigenvalue weighted by Crippen LogP contribution is 2.33. The smallest absolute Gasteiger partial charge is 0.325 e. The van der Waals surface area contributed by atoms with Crippen LogP contribution in [0.15, 0.2) is 24.3 Å². The van der Waals surface area contributed by atoms with Crippen LogP contribution in [0.25, 0.3) is 0 Å². The van der Waals surface area contributed by atoms with Crippen molar-refractivity contribution >= 4 is 11.9 Å². The molecule has 1 saturated carbocycles. The van der Waals surface area contributed by atoms with Crippen molar-refractivity contribution < 1.29 is 19.1 Å². The Bertz CT molecular complexity index is 626. The first kappa shape index (κ1) is 16.9. The second kappa shape index (κ2) is 6.89. The fourth-order valence-electron chi connectivity index (χ4n) is 3.71. The molecule has 1 spiro atoms. The number of urea groups is 1. The van der Waals surface area contributed by atoms with E-state index in [1.165, 1.54) is 18.2 Å². The molecule has 6 heteroatoms. The molecule has 1 saturated heterocycles. The predicted octanol–water partition coefficient (Wildman–Crippen LogP) is 2.89. The topological polar surface area (TPSA) is 69.6 Å². The first-order valence-corrected chi connectivity index (χ1v) is 8.60.